The molecule has 0 aliphatic heterocycles. The van der Waals surface area contributed by atoms with E-state index in [1.165, 1.54) is 0 Å². The molecule has 6 heteroatoms. The summed E-state index contributed by atoms with van der Waals surface area (Å²) < 4.78 is 1.87. The second kappa shape index (κ2) is 4.35. The number of rotatable bonds is 4. The molecule has 0 bridgehead atoms. The number of carbonyl (C=O) groups is 1. The molecule has 1 N–H and O–H groups in total. The van der Waals surface area contributed by atoms with Crippen LogP contribution in [0.1, 0.15) is 36.2 Å². The first kappa shape index (κ1) is 11.6. The van der Waals surface area contributed by atoms with Crippen LogP contribution < -0.4 is 5.32 Å². The number of nitrogens with zero attached hydrogens (tertiary/aromatic N) is 3. The molecule has 3 rings (SSSR count). The minimum atomic E-state index is 0.162. The summed E-state index contributed by atoms with van der Waals surface area (Å²) in [6.45, 7) is 4.57. The van der Waals surface area contributed by atoms with Crippen molar-refractivity contribution in [2.24, 2.45) is 5.92 Å². The molecule has 0 unspecified atom stereocenters. The Morgan fingerprint density at radius 2 is 2.33 bits per heavy atom. The van der Waals surface area contributed by atoms with Crippen LogP contribution in [-0.4, -0.2) is 20.5 Å². The molecule has 1 aliphatic carbocycles. The Labute approximate surface area is 109 Å². The third-order valence-electron chi connectivity index (χ3n) is 3.22. The standard InChI is InChI=1S/C12H16N4OS/c1-3-10-15-16-9(7(2)14-12(16)18-10)6-13-11(17)8-4-5-8/h8H,3-6H2,1-2H3,(H,13,17). The van der Waals surface area contributed by atoms with Crippen molar-refractivity contribution >= 4 is 22.2 Å². The SMILES string of the molecule is CCc1nn2c(CNC(=O)C3CC3)c(C)nc2s1. The van der Waals surface area contributed by atoms with Crippen molar-refractivity contribution in [1.29, 1.82) is 0 Å². The van der Waals surface area contributed by atoms with Gasteiger partial charge in [0.05, 0.1) is 17.9 Å². The lowest BCUT2D eigenvalue weighted by atomic mass is 10.3. The van der Waals surface area contributed by atoms with E-state index in [1.807, 2.05) is 11.4 Å². The first-order chi connectivity index (χ1) is 8.69. The van der Waals surface area contributed by atoms with E-state index in [-0.39, 0.29) is 11.8 Å². The summed E-state index contributed by atoms with van der Waals surface area (Å²) in [4.78, 5) is 17.1. The number of hydrogen-bond acceptors (Lipinski definition) is 4. The van der Waals surface area contributed by atoms with Crippen molar-refractivity contribution in [3.63, 3.8) is 0 Å². The summed E-state index contributed by atoms with van der Waals surface area (Å²) >= 11 is 1.61. The second-order valence-corrected chi connectivity index (χ2v) is 5.72. The van der Waals surface area contributed by atoms with Crippen molar-refractivity contribution in [2.75, 3.05) is 0 Å². The lowest BCUT2D eigenvalue weighted by molar-refractivity contribution is -0.122. The van der Waals surface area contributed by atoms with Gasteiger partial charge in [-0.3, -0.25) is 4.79 Å². The molecular weight excluding hydrogens is 248 g/mol. The van der Waals surface area contributed by atoms with Gasteiger partial charge in [0, 0.05) is 5.92 Å². The largest absolute Gasteiger partial charge is 0.350 e. The lowest BCUT2D eigenvalue weighted by Crippen LogP contribution is -2.25. The Kier molecular flexibility index (Phi) is 2.81. The van der Waals surface area contributed by atoms with Crippen LogP contribution in [0.15, 0.2) is 0 Å². The molecule has 18 heavy (non-hydrogen) atoms. The van der Waals surface area contributed by atoms with Gasteiger partial charge in [-0.15, -0.1) is 0 Å². The highest BCUT2D eigenvalue weighted by atomic mass is 32.1. The molecule has 1 saturated carbocycles. The van der Waals surface area contributed by atoms with Crippen molar-refractivity contribution < 1.29 is 4.79 Å². The van der Waals surface area contributed by atoms with Gasteiger partial charge >= 0.3 is 0 Å². The molecule has 1 amide bonds. The predicted molar refractivity (Wildman–Crippen MR) is 69.5 cm³/mol. The smallest absolute Gasteiger partial charge is 0.223 e. The van der Waals surface area contributed by atoms with E-state index >= 15 is 0 Å². The third-order valence-corrected chi connectivity index (χ3v) is 4.27. The number of aromatic nitrogens is 3. The highest BCUT2D eigenvalue weighted by Gasteiger charge is 2.29. The van der Waals surface area contributed by atoms with Crippen molar-refractivity contribution in [3.05, 3.63) is 16.4 Å². The summed E-state index contributed by atoms with van der Waals surface area (Å²) in [5.74, 6) is 0.408. The average molecular weight is 264 g/mol. The highest BCUT2D eigenvalue weighted by molar-refractivity contribution is 7.16. The van der Waals surface area contributed by atoms with Crippen LogP contribution in [0.3, 0.4) is 0 Å². The molecule has 0 saturated heterocycles. The van der Waals surface area contributed by atoms with Crippen LogP contribution in [-0.2, 0) is 17.8 Å². The van der Waals surface area contributed by atoms with Crippen LogP contribution in [0, 0.1) is 12.8 Å². The summed E-state index contributed by atoms with van der Waals surface area (Å²) in [6, 6.07) is 0. The predicted octanol–water partition coefficient (Wildman–Crippen LogP) is 1.69. The molecule has 0 atom stereocenters. The molecule has 96 valence electrons. The van der Waals surface area contributed by atoms with E-state index in [1.54, 1.807) is 11.3 Å². The number of hydrogen-bond donors (Lipinski definition) is 1. The van der Waals surface area contributed by atoms with Gasteiger partial charge in [-0.2, -0.15) is 5.10 Å². The van der Waals surface area contributed by atoms with Crippen LogP contribution in [0.2, 0.25) is 0 Å². The van der Waals surface area contributed by atoms with Crippen LogP contribution in [0.4, 0.5) is 0 Å². The van der Waals surface area contributed by atoms with Crippen molar-refractivity contribution in [1.82, 2.24) is 19.9 Å². The molecule has 2 heterocycles. The van der Waals surface area contributed by atoms with Gasteiger partial charge in [-0.1, -0.05) is 18.3 Å². The Morgan fingerprint density at radius 3 is 3.00 bits per heavy atom. The zero-order chi connectivity index (χ0) is 12.7. The third kappa shape index (κ3) is 2.01. The normalized spacial score (nSPS) is 15.2. The molecule has 2 aromatic heterocycles. The quantitative estimate of drug-likeness (QED) is 0.914. The molecule has 0 spiro atoms. The molecule has 0 aromatic carbocycles. The number of imidazole rings is 1. The fourth-order valence-corrected chi connectivity index (χ4v) is 2.83. The van der Waals surface area contributed by atoms with Gasteiger partial charge in [0.1, 0.15) is 5.01 Å². The average Bonchev–Trinajstić information content (AvgIpc) is 3.06. The fraction of sp³-hybridized carbons (Fsp3) is 0.583. The van der Waals surface area contributed by atoms with Crippen LogP contribution in [0.5, 0.6) is 0 Å². The van der Waals surface area contributed by atoms with E-state index in [0.29, 0.717) is 6.54 Å². The maximum atomic E-state index is 11.7. The summed E-state index contributed by atoms with van der Waals surface area (Å²) in [5.41, 5.74) is 1.95. The molecule has 1 fully saturated rings. The van der Waals surface area contributed by atoms with E-state index in [4.69, 9.17) is 0 Å². The number of nitrogens with one attached hydrogen (secondary N) is 1. The minimum Gasteiger partial charge on any atom is -0.350 e. The van der Waals surface area contributed by atoms with E-state index in [9.17, 15) is 4.79 Å². The maximum absolute atomic E-state index is 11.7. The number of aryl methyl sites for hydroxylation is 2. The summed E-state index contributed by atoms with van der Waals surface area (Å²) in [6.07, 6.45) is 2.98. The molecule has 2 aromatic rings. The first-order valence-electron chi connectivity index (χ1n) is 6.30. The molecule has 1 aliphatic rings. The van der Waals surface area contributed by atoms with E-state index in [2.05, 4.69) is 22.3 Å². The highest BCUT2D eigenvalue weighted by Crippen LogP contribution is 2.29. The zero-order valence-corrected chi connectivity index (χ0v) is 11.4. The number of fused-ring (bicyclic) bond motifs is 1. The molecular formula is C12H16N4OS. The summed E-state index contributed by atoms with van der Waals surface area (Å²) in [7, 11) is 0. The molecule has 5 nitrogen and oxygen atoms in total. The zero-order valence-electron chi connectivity index (χ0n) is 10.6. The maximum Gasteiger partial charge on any atom is 0.223 e. The van der Waals surface area contributed by atoms with Gasteiger partial charge in [-0.25, -0.2) is 9.50 Å². The van der Waals surface area contributed by atoms with Crippen molar-refractivity contribution in [2.45, 2.75) is 39.7 Å². The summed E-state index contributed by atoms with van der Waals surface area (Å²) in [5, 5.41) is 8.56. The Morgan fingerprint density at radius 1 is 1.56 bits per heavy atom. The van der Waals surface area contributed by atoms with Gasteiger partial charge in [0.2, 0.25) is 10.9 Å². The number of carbonyl (C=O) groups excluding carboxylic acids is 1. The van der Waals surface area contributed by atoms with Crippen LogP contribution >= 0.6 is 11.3 Å². The van der Waals surface area contributed by atoms with Gasteiger partial charge in [0.25, 0.3) is 0 Å². The Balaban J connectivity index is 1.82. The van der Waals surface area contributed by atoms with Gasteiger partial charge in [0.15, 0.2) is 0 Å². The fourth-order valence-electron chi connectivity index (χ4n) is 1.94. The van der Waals surface area contributed by atoms with Crippen molar-refractivity contribution in [3.8, 4) is 0 Å². The minimum absolute atomic E-state index is 0.162. The van der Waals surface area contributed by atoms with Crippen LogP contribution in [0.25, 0.3) is 4.96 Å². The van der Waals surface area contributed by atoms with E-state index < -0.39 is 0 Å². The second-order valence-electron chi connectivity index (χ2n) is 4.68. The molecule has 0 radical (unpaired) electrons. The Bertz CT molecular complexity index is 597. The number of amides is 1. The Hall–Kier alpha value is -1.43. The van der Waals surface area contributed by atoms with Gasteiger partial charge < -0.3 is 5.32 Å². The topological polar surface area (TPSA) is 59.3 Å². The van der Waals surface area contributed by atoms with E-state index in [0.717, 1.165) is 40.6 Å². The first-order valence-corrected chi connectivity index (χ1v) is 7.12. The monoisotopic (exact) mass is 264 g/mol. The van der Waals surface area contributed by atoms with Gasteiger partial charge in [-0.05, 0) is 26.2 Å². The lowest BCUT2D eigenvalue weighted by Gasteiger charge is -2.03.